The van der Waals surface area contributed by atoms with Gasteiger partial charge in [0.25, 0.3) is 10.0 Å². The van der Waals surface area contributed by atoms with Crippen molar-refractivity contribution in [3.63, 3.8) is 0 Å². The second-order valence-corrected chi connectivity index (χ2v) is 12.3. The van der Waals surface area contributed by atoms with Gasteiger partial charge in [0.1, 0.15) is 16.8 Å². The van der Waals surface area contributed by atoms with Gasteiger partial charge in [0.15, 0.2) is 5.78 Å². The van der Waals surface area contributed by atoms with Crippen LogP contribution in [-0.2, 0) is 26.0 Å². The number of carbonyl (C=O) groups is 2. The number of nitrogens with one attached hydrogen (secondary N) is 1. The van der Waals surface area contributed by atoms with Crippen LogP contribution < -0.4 is 5.32 Å². The van der Waals surface area contributed by atoms with E-state index in [0.29, 0.717) is 36.2 Å². The SMILES string of the molecule is Cc1ccc(S(=O)(=O)n2cc3c4c2C(=O)C2=N[C@@H]5CO[C@H]6[C@@H](Cl)C(=O)C=C[C@@]6(C5)C2=C4NCC3)cc1. The predicted octanol–water partition coefficient (Wildman–Crippen LogP) is 2.43. The van der Waals surface area contributed by atoms with Crippen molar-refractivity contribution in [2.75, 3.05) is 13.2 Å². The first kappa shape index (κ1) is 22.2. The fourth-order valence-electron chi connectivity index (χ4n) is 6.27. The van der Waals surface area contributed by atoms with Crippen molar-refractivity contribution in [2.45, 2.75) is 42.2 Å². The van der Waals surface area contributed by atoms with E-state index in [2.05, 4.69) is 5.32 Å². The van der Waals surface area contributed by atoms with Crippen molar-refractivity contribution >= 4 is 44.6 Å². The number of allylic oxidation sites excluding steroid dienone is 1. The van der Waals surface area contributed by atoms with Gasteiger partial charge >= 0.3 is 0 Å². The lowest BCUT2D eigenvalue weighted by molar-refractivity contribution is -0.123. The Hall–Kier alpha value is -3.01. The van der Waals surface area contributed by atoms with Gasteiger partial charge in [-0.15, -0.1) is 11.6 Å². The smallest absolute Gasteiger partial charge is 0.268 e. The van der Waals surface area contributed by atoms with Gasteiger partial charge in [-0.1, -0.05) is 23.8 Å². The molecule has 1 saturated heterocycles. The number of ketones is 2. The molecule has 10 heteroatoms. The number of Topliss-reactive ketones (excluding diaryl/α,β-unsaturated/α-hetero) is 1. The molecule has 1 fully saturated rings. The van der Waals surface area contributed by atoms with E-state index >= 15 is 0 Å². The summed E-state index contributed by atoms with van der Waals surface area (Å²) >= 11 is 6.55. The summed E-state index contributed by atoms with van der Waals surface area (Å²) in [5, 5.41) is 2.55. The molecule has 8 nitrogen and oxygen atoms in total. The van der Waals surface area contributed by atoms with E-state index in [1.165, 1.54) is 6.08 Å². The molecule has 0 saturated carbocycles. The number of fused-ring (bicyclic) bond motifs is 2. The largest absolute Gasteiger partial charge is 0.384 e. The highest BCUT2D eigenvalue weighted by Crippen LogP contribution is 2.55. The van der Waals surface area contributed by atoms with E-state index in [1.54, 1.807) is 30.5 Å². The van der Waals surface area contributed by atoms with Gasteiger partial charge in [-0.05, 0) is 43.5 Å². The quantitative estimate of drug-likeness (QED) is 0.606. The summed E-state index contributed by atoms with van der Waals surface area (Å²) in [6, 6.07) is 6.28. The average Bonchev–Trinajstić information content (AvgIpc) is 3.27. The molecule has 36 heavy (non-hydrogen) atoms. The number of carbonyl (C=O) groups excluding carboxylic acids is 2. The third kappa shape index (κ3) is 2.73. The minimum Gasteiger partial charge on any atom is -0.384 e. The number of nitrogens with zero attached hydrogens (tertiary/aromatic N) is 2. The summed E-state index contributed by atoms with van der Waals surface area (Å²) in [4.78, 5) is 31.4. The fraction of sp³-hybridized carbons (Fsp3) is 0.346. The Labute approximate surface area is 212 Å². The minimum atomic E-state index is -4.03. The Bertz CT molecular complexity index is 1580. The molecule has 4 atom stereocenters. The number of benzene rings is 1. The first-order chi connectivity index (χ1) is 17.2. The highest BCUT2D eigenvalue weighted by Gasteiger charge is 2.59. The lowest BCUT2D eigenvalue weighted by Crippen LogP contribution is -2.59. The number of aryl methyl sites for hydroxylation is 1. The normalized spacial score (nSPS) is 30.3. The lowest BCUT2D eigenvalue weighted by atomic mass is 9.60. The number of alkyl halides is 1. The van der Waals surface area contributed by atoms with Gasteiger partial charge in [-0.3, -0.25) is 14.6 Å². The fourth-order valence-corrected chi connectivity index (χ4v) is 8.03. The Kier molecular flexibility index (Phi) is 4.49. The molecule has 4 heterocycles. The van der Waals surface area contributed by atoms with Crippen molar-refractivity contribution in [3.05, 3.63) is 70.6 Å². The molecule has 2 aromatic rings. The monoisotopic (exact) mass is 523 g/mol. The zero-order valence-corrected chi connectivity index (χ0v) is 20.9. The molecule has 1 spiro atoms. The maximum atomic E-state index is 14.1. The Morgan fingerprint density at radius 2 is 2.00 bits per heavy atom. The Morgan fingerprint density at radius 1 is 1.22 bits per heavy atom. The lowest BCUT2D eigenvalue weighted by Gasteiger charge is -2.52. The third-order valence-electron chi connectivity index (χ3n) is 7.90. The second-order valence-electron chi connectivity index (χ2n) is 10.0. The van der Waals surface area contributed by atoms with E-state index in [1.807, 2.05) is 13.0 Å². The van der Waals surface area contributed by atoms with E-state index in [9.17, 15) is 18.0 Å². The van der Waals surface area contributed by atoms with Gasteiger partial charge in [0.05, 0.1) is 29.3 Å². The summed E-state index contributed by atoms with van der Waals surface area (Å²) in [5.74, 6) is -0.661. The molecule has 1 N–H and O–H groups in total. The van der Waals surface area contributed by atoms with Crippen molar-refractivity contribution in [1.29, 1.82) is 0 Å². The summed E-state index contributed by atoms with van der Waals surface area (Å²) in [5.41, 5.74) is 3.16. The molecule has 1 aromatic carbocycles. The van der Waals surface area contributed by atoms with Crippen LogP contribution in [0.1, 0.15) is 33.6 Å². The molecule has 7 rings (SSSR count). The van der Waals surface area contributed by atoms with Gasteiger partial charge in [-0.2, -0.15) is 0 Å². The van der Waals surface area contributed by atoms with Crippen LogP contribution >= 0.6 is 11.6 Å². The summed E-state index contributed by atoms with van der Waals surface area (Å²) in [7, 11) is -4.03. The standard InChI is InChI=1S/C26H22ClN3O5S/c1-13-2-4-16(5-3-13)36(33,34)30-11-14-7-9-28-21-18(14)23(30)24(32)22-19(21)26-8-6-17(31)20(27)25(26)35-12-15(10-26)29-22/h2-6,8,11,15,20,25,28H,7,9-10,12H2,1H3/t15-,20-,25-,26+/m0/s1. The number of hydrogen-bond donors (Lipinski definition) is 1. The highest BCUT2D eigenvalue weighted by molar-refractivity contribution is 7.90. The molecule has 3 aliphatic heterocycles. The molecule has 1 aromatic heterocycles. The number of ether oxygens (including phenoxy) is 1. The first-order valence-corrected chi connectivity index (χ1v) is 13.8. The number of rotatable bonds is 2. The van der Waals surface area contributed by atoms with Gasteiger partial charge in [0, 0.05) is 29.3 Å². The first-order valence-electron chi connectivity index (χ1n) is 11.9. The van der Waals surface area contributed by atoms with Gasteiger partial charge < -0.3 is 10.1 Å². The summed E-state index contributed by atoms with van der Waals surface area (Å²) in [6.07, 6.45) is 5.36. The molecule has 0 amide bonds. The molecule has 0 radical (unpaired) electrons. The number of aliphatic imine (C=N–C) groups is 1. The maximum Gasteiger partial charge on any atom is 0.268 e. The topological polar surface area (TPSA) is 107 Å². The molecule has 2 bridgehead atoms. The van der Waals surface area contributed by atoms with Crippen molar-refractivity contribution in [3.8, 4) is 0 Å². The maximum absolute atomic E-state index is 14.1. The molecule has 184 valence electrons. The number of aromatic nitrogens is 1. The number of hydrogen-bond acceptors (Lipinski definition) is 7. The van der Waals surface area contributed by atoms with E-state index in [-0.39, 0.29) is 34.7 Å². The van der Waals surface area contributed by atoms with Crippen LogP contribution in [0.4, 0.5) is 0 Å². The zero-order valence-electron chi connectivity index (χ0n) is 19.3. The second kappa shape index (κ2) is 7.27. The third-order valence-corrected chi connectivity index (χ3v) is 10.0. The van der Waals surface area contributed by atoms with E-state index in [0.717, 1.165) is 15.1 Å². The van der Waals surface area contributed by atoms with Crippen LogP contribution in [0.25, 0.3) is 5.70 Å². The van der Waals surface area contributed by atoms with Crippen molar-refractivity contribution in [2.24, 2.45) is 10.4 Å². The number of halogens is 1. The Morgan fingerprint density at radius 3 is 2.78 bits per heavy atom. The van der Waals surface area contributed by atoms with Crippen molar-refractivity contribution < 1.29 is 22.7 Å². The molecule has 0 unspecified atom stereocenters. The average molecular weight is 524 g/mol. The molecule has 5 aliphatic rings. The van der Waals surface area contributed by atoms with Crippen LogP contribution in [-0.4, -0.2) is 60.3 Å². The minimum absolute atomic E-state index is 0.0994. The molecule has 2 aliphatic carbocycles. The van der Waals surface area contributed by atoms with Crippen LogP contribution in [0, 0.1) is 12.3 Å². The Balaban J connectivity index is 1.51. The molecular formula is C26H22ClN3O5S. The van der Waals surface area contributed by atoms with E-state index in [4.69, 9.17) is 21.3 Å². The van der Waals surface area contributed by atoms with Crippen LogP contribution in [0.3, 0.4) is 0 Å². The van der Waals surface area contributed by atoms with Crippen LogP contribution in [0.2, 0.25) is 0 Å². The highest BCUT2D eigenvalue weighted by atomic mass is 35.5. The van der Waals surface area contributed by atoms with Crippen molar-refractivity contribution in [1.82, 2.24) is 9.29 Å². The zero-order chi connectivity index (χ0) is 25.0. The van der Waals surface area contributed by atoms with Gasteiger partial charge in [-0.25, -0.2) is 12.4 Å². The van der Waals surface area contributed by atoms with Crippen LogP contribution in [0.15, 0.2) is 58.1 Å². The van der Waals surface area contributed by atoms with E-state index < -0.39 is 32.7 Å². The summed E-state index contributed by atoms with van der Waals surface area (Å²) < 4.78 is 34.7. The van der Waals surface area contributed by atoms with Gasteiger partial charge in [0.2, 0.25) is 5.78 Å². The summed E-state index contributed by atoms with van der Waals surface area (Å²) in [6.45, 7) is 2.69. The van der Waals surface area contributed by atoms with Crippen LogP contribution in [0.5, 0.6) is 0 Å². The predicted molar refractivity (Wildman–Crippen MR) is 133 cm³/mol. The molecular weight excluding hydrogens is 502 g/mol.